The molecule has 112 valence electrons. The number of nitrogens with zero attached hydrogens (tertiary/aromatic N) is 1. The Morgan fingerprint density at radius 2 is 1.70 bits per heavy atom. The van der Waals surface area contributed by atoms with Crippen LogP contribution in [0.2, 0.25) is 0 Å². The Balaban J connectivity index is 2.21. The second-order valence-corrected chi connectivity index (χ2v) is 6.16. The molecule has 2 N–H and O–H groups in total. The van der Waals surface area contributed by atoms with Gasteiger partial charge in [-0.25, -0.2) is 4.39 Å². The SMILES string of the molecule is CCC(N1CCCCCC1)C(C)(N)c1ccc(F)cc1. The summed E-state index contributed by atoms with van der Waals surface area (Å²) in [5.41, 5.74) is 7.25. The second kappa shape index (κ2) is 6.68. The number of benzene rings is 1. The summed E-state index contributed by atoms with van der Waals surface area (Å²) >= 11 is 0. The highest BCUT2D eigenvalue weighted by molar-refractivity contribution is 5.26. The standard InChI is InChI=1S/C17H27FN2/c1-3-16(20-12-6-4-5-7-13-20)17(2,19)14-8-10-15(18)11-9-14/h8-11,16H,3-7,12-13,19H2,1-2H3. The highest BCUT2D eigenvalue weighted by Crippen LogP contribution is 2.29. The van der Waals surface area contributed by atoms with Gasteiger partial charge < -0.3 is 5.73 Å². The van der Waals surface area contributed by atoms with Crippen LogP contribution in [0.5, 0.6) is 0 Å². The Labute approximate surface area is 122 Å². The van der Waals surface area contributed by atoms with Crippen molar-refractivity contribution in [3.63, 3.8) is 0 Å². The molecule has 2 unspecified atom stereocenters. The van der Waals surface area contributed by atoms with Crippen LogP contribution in [0.3, 0.4) is 0 Å². The van der Waals surface area contributed by atoms with Crippen LogP contribution in [0.1, 0.15) is 51.5 Å². The van der Waals surface area contributed by atoms with Gasteiger partial charge in [-0.1, -0.05) is 31.9 Å². The number of nitrogens with two attached hydrogens (primary N) is 1. The van der Waals surface area contributed by atoms with E-state index < -0.39 is 5.54 Å². The molecule has 2 rings (SSSR count). The summed E-state index contributed by atoms with van der Waals surface area (Å²) in [6.45, 7) is 6.54. The number of likely N-dealkylation sites (tertiary alicyclic amines) is 1. The van der Waals surface area contributed by atoms with Crippen molar-refractivity contribution in [1.29, 1.82) is 0 Å². The highest BCUT2D eigenvalue weighted by atomic mass is 19.1. The van der Waals surface area contributed by atoms with Gasteiger partial charge in [0, 0.05) is 6.04 Å². The van der Waals surface area contributed by atoms with Gasteiger partial charge in [0.15, 0.2) is 0 Å². The van der Waals surface area contributed by atoms with E-state index >= 15 is 0 Å². The van der Waals surface area contributed by atoms with E-state index in [9.17, 15) is 4.39 Å². The smallest absolute Gasteiger partial charge is 0.123 e. The zero-order valence-corrected chi connectivity index (χ0v) is 12.7. The van der Waals surface area contributed by atoms with Crippen molar-refractivity contribution < 1.29 is 4.39 Å². The number of hydrogen-bond donors (Lipinski definition) is 1. The molecule has 0 saturated carbocycles. The maximum atomic E-state index is 13.1. The predicted molar refractivity (Wildman–Crippen MR) is 82.1 cm³/mol. The van der Waals surface area contributed by atoms with Crippen LogP contribution < -0.4 is 5.73 Å². The third kappa shape index (κ3) is 3.39. The van der Waals surface area contributed by atoms with Crippen LogP contribution in [0.4, 0.5) is 4.39 Å². The fourth-order valence-electron chi connectivity index (χ4n) is 3.47. The zero-order valence-electron chi connectivity index (χ0n) is 12.7. The molecule has 1 fully saturated rings. The van der Waals surface area contributed by atoms with Gasteiger partial charge in [0.2, 0.25) is 0 Å². The highest BCUT2D eigenvalue weighted by Gasteiger charge is 2.35. The Kier molecular flexibility index (Phi) is 5.17. The summed E-state index contributed by atoms with van der Waals surface area (Å²) in [6.07, 6.45) is 6.19. The molecular weight excluding hydrogens is 251 g/mol. The van der Waals surface area contributed by atoms with Crippen molar-refractivity contribution in [2.24, 2.45) is 5.73 Å². The quantitative estimate of drug-likeness (QED) is 0.911. The molecule has 0 aliphatic carbocycles. The first kappa shape index (κ1) is 15.5. The molecular formula is C17H27FN2. The monoisotopic (exact) mass is 278 g/mol. The van der Waals surface area contributed by atoms with Gasteiger partial charge in [-0.15, -0.1) is 0 Å². The molecule has 1 aromatic carbocycles. The summed E-state index contributed by atoms with van der Waals surface area (Å²) in [7, 11) is 0. The first-order chi connectivity index (χ1) is 9.55. The number of rotatable bonds is 4. The van der Waals surface area contributed by atoms with Crippen molar-refractivity contribution in [1.82, 2.24) is 4.90 Å². The van der Waals surface area contributed by atoms with Crippen LogP contribution in [0, 0.1) is 5.82 Å². The van der Waals surface area contributed by atoms with Crippen LogP contribution in [0.25, 0.3) is 0 Å². The van der Waals surface area contributed by atoms with Gasteiger partial charge in [0.05, 0.1) is 5.54 Å². The third-order valence-electron chi connectivity index (χ3n) is 4.63. The van der Waals surface area contributed by atoms with E-state index in [2.05, 4.69) is 18.7 Å². The lowest BCUT2D eigenvalue weighted by molar-refractivity contribution is 0.126. The Morgan fingerprint density at radius 1 is 1.15 bits per heavy atom. The predicted octanol–water partition coefficient (Wildman–Crippen LogP) is 3.65. The van der Waals surface area contributed by atoms with Gasteiger partial charge in [-0.3, -0.25) is 4.90 Å². The summed E-state index contributed by atoms with van der Waals surface area (Å²) in [5.74, 6) is -0.202. The first-order valence-corrected chi connectivity index (χ1v) is 7.84. The fraction of sp³-hybridized carbons (Fsp3) is 0.647. The molecule has 1 saturated heterocycles. The summed E-state index contributed by atoms with van der Waals surface area (Å²) in [4.78, 5) is 2.54. The zero-order chi connectivity index (χ0) is 14.6. The Morgan fingerprint density at radius 3 is 2.20 bits per heavy atom. The van der Waals surface area contributed by atoms with Crippen molar-refractivity contribution in [2.75, 3.05) is 13.1 Å². The molecule has 3 heteroatoms. The van der Waals surface area contributed by atoms with Crippen molar-refractivity contribution in [3.8, 4) is 0 Å². The van der Waals surface area contributed by atoms with Crippen LogP contribution in [-0.4, -0.2) is 24.0 Å². The summed E-state index contributed by atoms with van der Waals surface area (Å²) in [6, 6.07) is 6.99. The summed E-state index contributed by atoms with van der Waals surface area (Å²) in [5, 5.41) is 0. The normalized spacial score (nSPS) is 22.0. The van der Waals surface area contributed by atoms with E-state index in [0.717, 1.165) is 25.1 Å². The van der Waals surface area contributed by atoms with Gasteiger partial charge in [0.1, 0.15) is 5.82 Å². The van der Waals surface area contributed by atoms with E-state index in [4.69, 9.17) is 5.73 Å². The average molecular weight is 278 g/mol. The van der Waals surface area contributed by atoms with E-state index in [1.807, 2.05) is 12.1 Å². The average Bonchev–Trinajstić information content (AvgIpc) is 2.69. The van der Waals surface area contributed by atoms with E-state index in [-0.39, 0.29) is 5.82 Å². The van der Waals surface area contributed by atoms with Gasteiger partial charge in [-0.2, -0.15) is 0 Å². The van der Waals surface area contributed by atoms with Gasteiger partial charge in [0.25, 0.3) is 0 Å². The van der Waals surface area contributed by atoms with E-state index in [1.54, 1.807) is 0 Å². The minimum absolute atomic E-state index is 0.202. The summed E-state index contributed by atoms with van der Waals surface area (Å²) < 4.78 is 13.1. The van der Waals surface area contributed by atoms with Crippen molar-refractivity contribution >= 4 is 0 Å². The maximum Gasteiger partial charge on any atom is 0.123 e. The fourth-order valence-corrected chi connectivity index (χ4v) is 3.47. The molecule has 20 heavy (non-hydrogen) atoms. The second-order valence-electron chi connectivity index (χ2n) is 6.16. The molecule has 0 aromatic heterocycles. The molecule has 1 aliphatic heterocycles. The molecule has 0 spiro atoms. The van der Waals surface area contributed by atoms with Crippen LogP contribution in [-0.2, 0) is 5.54 Å². The van der Waals surface area contributed by atoms with Crippen molar-refractivity contribution in [3.05, 3.63) is 35.6 Å². The molecule has 1 heterocycles. The van der Waals surface area contributed by atoms with Crippen LogP contribution in [0.15, 0.2) is 24.3 Å². The molecule has 2 nitrogen and oxygen atoms in total. The minimum atomic E-state index is -0.438. The van der Waals surface area contributed by atoms with Crippen LogP contribution >= 0.6 is 0 Å². The first-order valence-electron chi connectivity index (χ1n) is 7.84. The lowest BCUT2D eigenvalue weighted by atomic mass is 9.83. The Bertz CT molecular complexity index is 406. The number of halogens is 1. The largest absolute Gasteiger partial charge is 0.320 e. The molecule has 2 atom stereocenters. The molecule has 1 aliphatic rings. The third-order valence-corrected chi connectivity index (χ3v) is 4.63. The lowest BCUT2D eigenvalue weighted by Crippen LogP contribution is -2.54. The van der Waals surface area contributed by atoms with Crippen molar-refractivity contribution in [2.45, 2.75) is 57.5 Å². The molecule has 1 aromatic rings. The maximum absolute atomic E-state index is 13.1. The molecule has 0 amide bonds. The van der Waals surface area contributed by atoms with Gasteiger partial charge in [-0.05, 0) is 57.0 Å². The number of hydrogen-bond acceptors (Lipinski definition) is 2. The molecule has 0 bridgehead atoms. The van der Waals surface area contributed by atoms with E-state index in [1.165, 1.54) is 37.8 Å². The minimum Gasteiger partial charge on any atom is -0.320 e. The Hall–Kier alpha value is -0.930. The molecule has 0 radical (unpaired) electrons. The van der Waals surface area contributed by atoms with E-state index in [0.29, 0.717) is 6.04 Å². The lowest BCUT2D eigenvalue weighted by Gasteiger charge is -2.41. The van der Waals surface area contributed by atoms with Gasteiger partial charge >= 0.3 is 0 Å². The topological polar surface area (TPSA) is 29.3 Å².